The number of ketones is 1. The molecule has 0 amide bonds. The lowest BCUT2D eigenvalue weighted by Gasteiger charge is -2.08. The van der Waals surface area contributed by atoms with Crippen LogP contribution in [0.1, 0.15) is 10.4 Å². The van der Waals surface area contributed by atoms with Crippen LogP contribution < -0.4 is 0 Å². The van der Waals surface area contributed by atoms with Crippen molar-refractivity contribution in [1.29, 1.82) is 0 Å². The third kappa shape index (κ3) is 3.61. The maximum Gasteiger partial charge on any atom is 0.186 e. The van der Waals surface area contributed by atoms with E-state index in [-0.39, 0.29) is 9.94 Å². The van der Waals surface area contributed by atoms with Gasteiger partial charge in [-0.3, -0.25) is 4.79 Å². The van der Waals surface area contributed by atoms with Gasteiger partial charge in [-0.2, -0.15) is 0 Å². The smallest absolute Gasteiger partial charge is 0.186 e. The van der Waals surface area contributed by atoms with E-state index < -0.39 is 0 Å². The summed E-state index contributed by atoms with van der Waals surface area (Å²) >= 11 is 10.7. The van der Waals surface area contributed by atoms with Crippen LogP contribution in [0.2, 0.25) is 5.02 Å². The zero-order valence-corrected chi connectivity index (χ0v) is 12.5. The molecule has 2 aromatic rings. The minimum Gasteiger partial charge on any atom is -0.292 e. The maximum absolute atomic E-state index is 12.1. The number of thioether (sulfide) groups is 1. The van der Waals surface area contributed by atoms with Crippen LogP contribution in [0, 0.1) is 0 Å². The number of carbonyl (C=O) groups is 1. The second-order valence-corrected chi connectivity index (χ2v) is 6.75. The Bertz CT molecular complexity index is 527. The molecule has 0 aliphatic rings. The van der Waals surface area contributed by atoms with E-state index in [0.717, 1.165) is 4.90 Å². The van der Waals surface area contributed by atoms with Gasteiger partial charge in [-0.25, -0.2) is 0 Å². The van der Waals surface area contributed by atoms with Gasteiger partial charge in [0.25, 0.3) is 0 Å². The van der Waals surface area contributed by atoms with Crippen LogP contribution in [0.4, 0.5) is 0 Å². The van der Waals surface area contributed by atoms with Gasteiger partial charge in [0.2, 0.25) is 0 Å². The first kappa shape index (κ1) is 13.7. The third-order valence-corrected chi connectivity index (χ3v) is 4.51. The number of hydrogen-bond acceptors (Lipinski definition) is 2. The molecule has 0 heterocycles. The van der Waals surface area contributed by atoms with Crippen molar-refractivity contribution in [2.24, 2.45) is 0 Å². The number of carbonyl (C=O) groups excluding carboxylic acids is 1. The highest BCUT2D eigenvalue weighted by atomic mass is 79.9. The van der Waals surface area contributed by atoms with Gasteiger partial charge in [-0.05, 0) is 24.3 Å². The Morgan fingerprint density at radius 1 is 1.06 bits per heavy atom. The summed E-state index contributed by atoms with van der Waals surface area (Å²) in [4.78, 5) is 13.1. The molecule has 0 bridgehead atoms. The Morgan fingerprint density at radius 3 is 2.28 bits per heavy atom. The van der Waals surface area contributed by atoms with E-state index >= 15 is 0 Å². The van der Waals surface area contributed by atoms with Gasteiger partial charge < -0.3 is 0 Å². The average Bonchev–Trinajstić information content (AvgIpc) is 2.41. The van der Waals surface area contributed by atoms with E-state index in [9.17, 15) is 4.79 Å². The molecule has 1 nitrogen and oxygen atoms in total. The molecule has 1 atom stereocenters. The highest BCUT2D eigenvalue weighted by Crippen LogP contribution is 2.30. The van der Waals surface area contributed by atoms with Crippen molar-refractivity contribution >= 4 is 45.1 Å². The lowest BCUT2D eigenvalue weighted by atomic mass is 10.2. The van der Waals surface area contributed by atoms with Gasteiger partial charge >= 0.3 is 0 Å². The standard InChI is InChI=1S/C14H10BrClOS/c15-14(13(17)10-4-2-1-3-5-10)18-12-8-6-11(16)7-9-12/h1-9,14H. The Morgan fingerprint density at radius 2 is 1.67 bits per heavy atom. The summed E-state index contributed by atoms with van der Waals surface area (Å²) in [5.41, 5.74) is 0.709. The second-order valence-electron chi connectivity index (χ2n) is 3.62. The molecule has 2 rings (SSSR count). The van der Waals surface area contributed by atoms with E-state index in [0.29, 0.717) is 10.6 Å². The van der Waals surface area contributed by atoms with E-state index in [1.165, 1.54) is 11.8 Å². The lowest BCUT2D eigenvalue weighted by molar-refractivity contribution is 0.101. The van der Waals surface area contributed by atoms with Gasteiger partial charge in [0.05, 0.1) is 0 Å². The molecule has 2 aromatic carbocycles. The summed E-state index contributed by atoms with van der Waals surface area (Å²) in [6.07, 6.45) is 0. The van der Waals surface area contributed by atoms with Crippen LogP contribution in [0.5, 0.6) is 0 Å². The van der Waals surface area contributed by atoms with Crippen LogP contribution in [-0.2, 0) is 0 Å². The molecule has 0 radical (unpaired) electrons. The molecule has 92 valence electrons. The molecular formula is C14H10BrClOS. The Hall–Kier alpha value is -0.770. The molecule has 0 fully saturated rings. The van der Waals surface area contributed by atoms with Gasteiger partial charge in [-0.1, -0.05) is 57.9 Å². The molecule has 0 N–H and O–H groups in total. The molecule has 18 heavy (non-hydrogen) atoms. The fourth-order valence-electron chi connectivity index (χ4n) is 1.42. The minimum atomic E-state index is -0.291. The molecule has 0 aliphatic carbocycles. The number of Topliss-reactive ketones (excluding diaryl/α,β-unsaturated/α-hetero) is 1. The molecule has 0 aromatic heterocycles. The van der Waals surface area contributed by atoms with Crippen LogP contribution in [-0.4, -0.2) is 9.94 Å². The average molecular weight is 342 g/mol. The van der Waals surface area contributed by atoms with Crippen molar-refractivity contribution in [3.63, 3.8) is 0 Å². The summed E-state index contributed by atoms with van der Waals surface area (Å²) in [6.45, 7) is 0. The quantitative estimate of drug-likeness (QED) is 0.440. The highest BCUT2D eigenvalue weighted by molar-refractivity contribution is 9.11. The highest BCUT2D eigenvalue weighted by Gasteiger charge is 2.17. The molecular weight excluding hydrogens is 332 g/mol. The topological polar surface area (TPSA) is 17.1 Å². The van der Waals surface area contributed by atoms with E-state index in [1.54, 1.807) is 0 Å². The summed E-state index contributed by atoms with van der Waals surface area (Å²) in [7, 11) is 0. The van der Waals surface area contributed by atoms with Crippen molar-refractivity contribution in [1.82, 2.24) is 0 Å². The van der Waals surface area contributed by atoms with Gasteiger partial charge in [-0.15, -0.1) is 11.8 Å². The first-order valence-corrected chi connectivity index (χ1v) is 7.50. The van der Waals surface area contributed by atoms with Crippen LogP contribution in [0.25, 0.3) is 0 Å². The monoisotopic (exact) mass is 340 g/mol. The molecule has 0 saturated carbocycles. The molecule has 1 unspecified atom stereocenters. The molecule has 4 heteroatoms. The van der Waals surface area contributed by atoms with Crippen molar-refractivity contribution < 1.29 is 4.79 Å². The number of rotatable bonds is 4. The van der Waals surface area contributed by atoms with Crippen LogP contribution in [0.3, 0.4) is 0 Å². The van der Waals surface area contributed by atoms with Crippen molar-refractivity contribution in [3.8, 4) is 0 Å². The Kier molecular flexibility index (Phi) is 4.87. The first-order chi connectivity index (χ1) is 8.66. The third-order valence-electron chi connectivity index (χ3n) is 2.32. The normalized spacial score (nSPS) is 12.1. The molecule has 0 aliphatic heterocycles. The lowest BCUT2D eigenvalue weighted by Crippen LogP contribution is -2.09. The number of benzene rings is 2. The maximum atomic E-state index is 12.1. The summed E-state index contributed by atoms with van der Waals surface area (Å²) < 4.78 is -0.291. The van der Waals surface area contributed by atoms with Gasteiger partial charge in [0.1, 0.15) is 4.16 Å². The van der Waals surface area contributed by atoms with E-state index in [2.05, 4.69) is 15.9 Å². The van der Waals surface area contributed by atoms with Crippen molar-refractivity contribution in [3.05, 3.63) is 65.2 Å². The summed E-state index contributed by atoms with van der Waals surface area (Å²) in [6, 6.07) is 16.7. The van der Waals surface area contributed by atoms with Gasteiger partial charge in [0.15, 0.2) is 5.78 Å². The SMILES string of the molecule is O=C(c1ccccc1)C(Br)Sc1ccc(Cl)cc1. The fraction of sp³-hybridized carbons (Fsp3) is 0.0714. The number of halogens is 2. The molecule has 0 spiro atoms. The fourth-order valence-corrected chi connectivity index (χ4v) is 3.23. The Labute approximate surface area is 124 Å². The zero-order chi connectivity index (χ0) is 13.0. The minimum absolute atomic E-state index is 0.0653. The van der Waals surface area contributed by atoms with Gasteiger partial charge in [0, 0.05) is 15.5 Å². The zero-order valence-electron chi connectivity index (χ0n) is 9.35. The summed E-state index contributed by atoms with van der Waals surface area (Å²) in [5.74, 6) is 0.0653. The van der Waals surface area contributed by atoms with E-state index in [4.69, 9.17) is 11.6 Å². The van der Waals surface area contributed by atoms with Crippen molar-refractivity contribution in [2.75, 3.05) is 0 Å². The van der Waals surface area contributed by atoms with E-state index in [1.807, 2.05) is 54.6 Å². The number of hydrogen-bond donors (Lipinski definition) is 0. The number of alkyl halides is 1. The predicted molar refractivity (Wildman–Crippen MR) is 80.8 cm³/mol. The summed E-state index contributed by atoms with van der Waals surface area (Å²) in [5, 5.41) is 0.694. The predicted octanol–water partition coefficient (Wildman–Crippen LogP) is 5.04. The largest absolute Gasteiger partial charge is 0.292 e. The first-order valence-electron chi connectivity index (χ1n) is 5.32. The molecule has 0 saturated heterocycles. The van der Waals surface area contributed by atoms with Crippen molar-refractivity contribution in [2.45, 2.75) is 9.05 Å². The Balaban J connectivity index is 2.06. The second kappa shape index (κ2) is 6.41. The van der Waals surface area contributed by atoms with Crippen LogP contribution in [0.15, 0.2) is 59.5 Å². The van der Waals surface area contributed by atoms with Crippen LogP contribution >= 0.6 is 39.3 Å².